The molecule has 0 radical (unpaired) electrons. The van der Waals surface area contributed by atoms with Crippen LogP contribution in [-0.2, 0) is 6.18 Å². The molecule has 0 saturated carbocycles. The summed E-state index contributed by atoms with van der Waals surface area (Å²) in [5.41, 5.74) is -3.64. The molecule has 0 amide bonds. The number of halogens is 7. The average molecular weight is 354 g/mol. The van der Waals surface area contributed by atoms with E-state index in [-0.39, 0.29) is 0 Å². The lowest BCUT2D eigenvalue weighted by Gasteiger charge is -2.13. The van der Waals surface area contributed by atoms with Crippen LogP contribution >= 0.6 is 15.9 Å². The molecule has 19 heavy (non-hydrogen) atoms. The molecule has 0 heterocycles. The predicted molar refractivity (Wildman–Crippen MR) is 52.5 cm³/mol. The van der Waals surface area contributed by atoms with E-state index >= 15 is 0 Å². The van der Waals surface area contributed by atoms with Crippen LogP contribution in [0, 0.1) is 10.1 Å². The zero-order valence-corrected chi connectivity index (χ0v) is 10.1. The van der Waals surface area contributed by atoms with Gasteiger partial charge in [0.15, 0.2) is 0 Å². The number of nitro groups is 1. The molecule has 1 rings (SSSR count). The maximum Gasteiger partial charge on any atom is 0.573 e. The minimum Gasteiger partial charge on any atom is -0.398 e. The maximum atomic E-state index is 12.5. The molecular weight excluding hydrogens is 352 g/mol. The molecule has 0 aliphatic heterocycles. The highest BCUT2D eigenvalue weighted by atomic mass is 79.9. The van der Waals surface area contributed by atoms with Crippen molar-refractivity contribution in [2.24, 2.45) is 0 Å². The van der Waals surface area contributed by atoms with E-state index in [4.69, 9.17) is 0 Å². The quantitative estimate of drug-likeness (QED) is 0.453. The summed E-state index contributed by atoms with van der Waals surface area (Å²) in [5, 5.41) is 10.5. The van der Waals surface area contributed by atoms with Crippen LogP contribution in [0.15, 0.2) is 16.6 Å². The van der Waals surface area contributed by atoms with E-state index in [1.807, 2.05) is 0 Å². The molecule has 0 fully saturated rings. The first-order chi connectivity index (χ1) is 8.42. The monoisotopic (exact) mass is 353 g/mol. The van der Waals surface area contributed by atoms with Crippen molar-refractivity contribution >= 4 is 21.6 Å². The number of nitrogens with zero attached hydrogens (tertiary/aromatic N) is 1. The minimum atomic E-state index is -5.35. The van der Waals surface area contributed by atoms with E-state index in [1.54, 1.807) is 0 Å². The first kappa shape index (κ1) is 15.5. The Balaban J connectivity index is 3.54. The fourth-order valence-electron chi connectivity index (χ4n) is 1.18. The van der Waals surface area contributed by atoms with E-state index in [9.17, 15) is 36.5 Å². The number of benzene rings is 1. The smallest absolute Gasteiger partial charge is 0.398 e. The average Bonchev–Trinajstić information content (AvgIpc) is 2.11. The van der Waals surface area contributed by atoms with Crippen LogP contribution in [0.25, 0.3) is 0 Å². The Bertz CT molecular complexity index is 512. The van der Waals surface area contributed by atoms with Gasteiger partial charge in [-0.05, 0) is 6.07 Å². The van der Waals surface area contributed by atoms with Crippen LogP contribution in [0.1, 0.15) is 5.56 Å². The SMILES string of the molecule is O=[N+]([O-])c1c(OC(F)(F)F)cc(Br)cc1C(F)(F)F. The van der Waals surface area contributed by atoms with Crippen LogP contribution in [0.5, 0.6) is 5.75 Å². The summed E-state index contributed by atoms with van der Waals surface area (Å²) in [6, 6.07) is 0.724. The Kier molecular flexibility index (Phi) is 3.98. The van der Waals surface area contributed by atoms with Gasteiger partial charge in [-0.15, -0.1) is 13.2 Å². The Morgan fingerprint density at radius 1 is 1.16 bits per heavy atom. The third kappa shape index (κ3) is 3.98. The minimum absolute atomic E-state index is 0.293. The van der Waals surface area contributed by atoms with Crippen LogP contribution in [-0.4, -0.2) is 11.3 Å². The summed E-state index contributed by atoms with van der Waals surface area (Å²) >= 11 is 2.53. The van der Waals surface area contributed by atoms with Crippen molar-refractivity contribution in [2.45, 2.75) is 12.5 Å². The molecule has 0 aliphatic rings. The molecule has 0 atom stereocenters. The highest BCUT2D eigenvalue weighted by molar-refractivity contribution is 9.10. The van der Waals surface area contributed by atoms with Crippen LogP contribution in [0.4, 0.5) is 32.0 Å². The second-order valence-electron chi connectivity index (χ2n) is 3.10. The predicted octanol–water partition coefficient (Wildman–Crippen LogP) is 4.27. The van der Waals surface area contributed by atoms with Crippen molar-refractivity contribution in [2.75, 3.05) is 0 Å². The van der Waals surface area contributed by atoms with Gasteiger partial charge in [0.1, 0.15) is 5.56 Å². The lowest BCUT2D eigenvalue weighted by molar-refractivity contribution is -0.391. The molecule has 0 bridgehead atoms. The van der Waals surface area contributed by atoms with Crippen LogP contribution in [0.2, 0.25) is 0 Å². The summed E-state index contributed by atoms with van der Waals surface area (Å²) in [5.74, 6) is -1.54. The van der Waals surface area contributed by atoms with Gasteiger partial charge in [0.25, 0.3) is 0 Å². The number of nitro benzene ring substituents is 1. The van der Waals surface area contributed by atoms with Gasteiger partial charge in [-0.2, -0.15) is 13.2 Å². The third-order valence-electron chi connectivity index (χ3n) is 1.75. The Morgan fingerprint density at radius 3 is 2.05 bits per heavy atom. The maximum absolute atomic E-state index is 12.5. The van der Waals surface area contributed by atoms with Crippen molar-refractivity contribution in [3.8, 4) is 5.75 Å². The van der Waals surface area contributed by atoms with Crippen LogP contribution < -0.4 is 4.74 Å². The van der Waals surface area contributed by atoms with E-state index in [0.717, 1.165) is 0 Å². The molecule has 0 N–H and O–H groups in total. The molecule has 1 aromatic rings. The van der Waals surface area contributed by atoms with E-state index in [1.165, 1.54) is 0 Å². The molecule has 0 unspecified atom stereocenters. The standard InChI is InChI=1S/C8H2BrF6NO3/c9-3-1-4(7(10,11)12)6(16(17)18)5(2-3)19-8(13,14)15/h1-2H. The molecule has 0 aromatic heterocycles. The van der Waals surface area contributed by atoms with Crippen molar-refractivity contribution in [1.29, 1.82) is 0 Å². The molecule has 0 spiro atoms. The topological polar surface area (TPSA) is 52.4 Å². The van der Waals surface area contributed by atoms with Gasteiger partial charge in [-0.3, -0.25) is 10.1 Å². The third-order valence-corrected chi connectivity index (χ3v) is 2.21. The highest BCUT2D eigenvalue weighted by Crippen LogP contribution is 2.44. The van der Waals surface area contributed by atoms with Crippen LogP contribution in [0.3, 0.4) is 0 Å². The summed E-state index contributed by atoms with van der Waals surface area (Å²) < 4.78 is 76.4. The fourth-order valence-corrected chi connectivity index (χ4v) is 1.62. The molecule has 0 aliphatic carbocycles. The summed E-state index contributed by atoms with van der Waals surface area (Å²) in [7, 11) is 0. The number of hydrogen-bond donors (Lipinski definition) is 0. The van der Waals surface area contributed by atoms with Gasteiger partial charge >= 0.3 is 18.2 Å². The number of ether oxygens (including phenoxy) is 1. The van der Waals surface area contributed by atoms with Gasteiger partial charge in [0.05, 0.1) is 4.92 Å². The lowest BCUT2D eigenvalue weighted by Crippen LogP contribution is -2.19. The number of hydrogen-bond acceptors (Lipinski definition) is 3. The summed E-state index contributed by atoms with van der Waals surface area (Å²) in [4.78, 5) is 8.94. The van der Waals surface area contributed by atoms with Gasteiger partial charge in [-0.25, -0.2) is 0 Å². The fraction of sp³-hybridized carbons (Fsp3) is 0.250. The lowest BCUT2D eigenvalue weighted by atomic mass is 10.1. The zero-order chi connectivity index (χ0) is 15.0. The first-order valence-corrected chi connectivity index (χ1v) is 5.02. The largest absolute Gasteiger partial charge is 0.573 e. The van der Waals surface area contributed by atoms with Crippen molar-refractivity contribution < 1.29 is 36.0 Å². The van der Waals surface area contributed by atoms with Gasteiger partial charge in [-0.1, -0.05) is 15.9 Å². The van der Waals surface area contributed by atoms with E-state index < -0.39 is 38.9 Å². The Hall–Kier alpha value is -1.52. The molecule has 4 nitrogen and oxygen atoms in total. The van der Waals surface area contributed by atoms with Crippen molar-refractivity contribution in [3.05, 3.63) is 32.3 Å². The summed E-state index contributed by atoms with van der Waals surface area (Å²) in [6.45, 7) is 0. The van der Waals surface area contributed by atoms with Crippen molar-refractivity contribution in [1.82, 2.24) is 0 Å². The summed E-state index contributed by atoms with van der Waals surface area (Å²) in [6.07, 6.45) is -10.6. The zero-order valence-electron chi connectivity index (χ0n) is 8.47. The number of alkyl halides is 6. The van der Waals surface area contributed by atoms with E-state index in [0.29, 0.717) is 12.1 Å². The Morgan fingerprint density at radius 2 is 1.68 bits per heavy atom. The molecule has 11 heteroatoms. The normalized spacial score (nSPS) is 12.4. The molecular formula is C8H2BrF6NO3. The van der Waals surface area contributed by atoms with E-state index in [2.05, 4.69) is 20.7 Å². The second kappa shape index (κ2) is 4.87. The van der Waals surface area contributed by atoms with Gasteiger partial charge in [0, 0.05) is 10.5 Å². The molecule has 1 aromatic carbocycles. The van der Waals surface area contributed by atoms with Crippen molar-refractivity contribution in [3.63, 3.8) is 0 Å². The Labute approximate surface area is 109 Å². The number of rotatable bonds is 2. The molecule has 0 saturated heterocycles. The molecule has 106 valence electrons. The highest BCUT2D eigenvalue weighted by Gasteiger charge is 2.43. The second-order valence-corrected chi connectivity index (χ2v) is 4.02. The van der Waals surface area contributed by atoms with Gasteiger partial charge in [0.2, 0.25) is 5.75 Å². The van der Waals surface area contributed by atoms with Gasteiger partial charge < -0.3 is 4.74 Å². The first-order valence-electron chi connectivity index (χ1n) is 4.22.